The molecule has 1 aromatic rings. The van der Waals surface area contributed by atoms with Crippen LogP contribution in [0.1, 0.15) is 43.0 Å². The molecule has 6 nitrogen and oxygen atoms in total. The summed E-state index contributed by atoms with van der Waals surface area (Å²) in [6, 6.07) is 4.52. The topological polar surface area (TPSA) is 75.7 Å². The highest BCUT2D eigenvalue weighted by atomic mass is 32.2. The molecular weight excluding hydrogens is 316 g/mol. The van der Waals surface area contributed by atoms with Gasteiger partial charge in [-0.2, -0.15) is 0 Å². The number of hydrogen-bond donors (Lipinski definition) is 1. The van der Waals surface area contributed by atoms with Gasteiger partial charge in [-0.05, 0) is 37.5 Å². The molecule has 1 N–H and O–H groups in total. The summed E-state index contributed by atoms with van der Waals surface area (Å²) in [6.45, 7) is 2.70. The largest absolute Gasteiger partial charge is 0.495 e. The molecule has 1 aliphatic rings. The lowest BCUT2D eigenvalue weighted by atomic mass is 10.2. The molecule has 1 fully saturated rings. The van der Waals surface area contributed by atoms with E-state index in [0.717, 1.165) is 25.7 Å². The molecule has 0 radical (unpaired) electrons. The Kier molecular flexibility index (Phi) is 5.64. The van der Waals surface area contributed by atoms with Crippen molar-refractivity contribution in [2.75, 3.05) is 20.7 Å². The zero-order chi connectivity index (χ0) is 17.0. The van der Waals surface area contributed by atoms with Crippen molar-refractivity contribution >= 4 is 15.9 Å². The smallest absolute Gasteiger partial charge is 0.253 e. The Morgan fingerprint density at radius 2 is 2.09 bits per heavy atom. The van der Waals surface area contributed by atoms with Gasteiger partial charge in [0.15, 0.2) is 0 Å². The van der Waals surface area contributed by atoms with Gasteiger partial charge in [-0.1, -0.05) is 13.3 Å². The normalized spacial score (nSPS) is 14.6. The minimum atomic E-state index is -3.68. The van der Waals surface area contributed by atoms with Crippen LogP contribution >= 0.6 is 0 Å². The number of nitrogens with zero attached hydrogens (tertiary/aromatic N) is 1. The van der Waals surface area contributed by atoms with Crippen LogP contribution in [-0.2, 0) is 10.0 Å². The van der Waals surface area contributed by atoms with Gasteiger partial charge >= 0.3 is 0 Å². The first-order valence-corrected chi connectivity index (χ1v) is 9.33. The molecule has 0 spiro atoms. The molecule has 0 aliphatic heterocycles. The third kappa shape index (κ3) is 4.45. The number of carbonyl (C=O) groups excluding carboxylic acids is 1. The summed E-state index contributed by atoms with van der Waals surface area (Å²) in [5.74, 6) is 0.0508. The van der Waals surface area contributed by atoms with Crippen LogP contribution in [0.4, 0.5) is 0 Å². The molecular formula is C16H24N2O4S. The molecule has 1 saturated carbocycles. The molecule has 23 heavy (non-hydrogen) atoms. The van der Waals surface area contributed by atoms with E-state index in [9.17, 15) is 13.2 Å². The fourth-order valence-electron chi connectivity index (χ4n) is 2.22. The molecule has 0 heterocycles. The number of rotatable bonds is 8. The van der Waals surface area contributed by atoms with Crippen molar-refractivity contribution in [1.82, 2.24) is 9.62 Å². The minimum Gasteiger partial charge on any atom is -0.495 e. The van der Waals surface area contributed by atoms with Crippen LogP contribution in [0.25, 0.3) is 0 Å². The van der Waals surface area contributed by atoms with Crippen LogP contribution in [0.2, 0.25) is 0 Å². The number of nitrogens with one attached hydrogen (secondary N) is 1. The summed E-state index contributed by atoms with van der Waals surface area (Å²) in [6.07, 6.45) is 3.60. The standard InChI is InChI=1S/C16H24N2O4S/c1-4-5-10-18(2)16(19)12-6-9-14(22-3)15(11-12)23(20,21)17-13-7-8-13/h6,9,11,13,17H,4-5,7-8,10H2,1-3H3. The molecule has 1 aliphatic carbocycles. The summed E-state index contributed by atoms with van der Waals surface area (Å²) in [4.78, 5) is 14.1. The maximum Gasteiger partial charge on any atom is 0.253 e. The fourth-order valence-corrected chi connectivity index (χ4v) is 3.72. The summed E-state index contributed by atoms with van der Waals surface area (Å²) >= 11 is 0. The van der Waals surface area contributed by atoms with Crippen molar-refractivity contribution in [3.63, 3.8) is 0 Å². The van der Waals surface area contributed by atoms with Crippen LogP contribution in [0.5, 0.6) is 5.75 Å². The fraction of sp³-hybridized carbons (Fsp3) is 0.562. The predicted octanol–water partition coefficient (Wildman–Crippen LogP) is 2.01. The lowest BCUT2D eigenvalue weighted by Gasteiger charge is -2.18. The molecule has 7 heteroatoms. The van der Waals surface area contributed by atoms with Gasteiger partial charge in [0.2, 0.25) is 10.0 Å². The molecule has 1 aromatic carbocycles. The Morgan fingerprint density at radius 1 is 1.39 bits per heavy atom. The second-order valence-electron chi connectivity index (χ2n) is 5.84. The number of unbranched alkanes of at least 4 members (excludes halogenated alkanes) is 1. The predicted molar refractivity (Wildman–Crippen MR) is 88.2 cm³/mol. The zero-order valence-corrected chi connectivity index (χ0v) is 14.6. The van der Waals surface area contributed by atoms with Crippen molar-refractivity contribution in [2.45, 2.75) is 43.5 Å². The lowest BCUT2D eigenvalue weighted by molar-refractivity contribution is 0.0793. The Balaban J connectivity index is 2.29. The second kappa shape index (κ2) is 7.31. The van der Waals surface area contributed by atoms with Gasteiger partial charge in [-0.25, -0.2) is 13.1 Å². The summed E-state index contributed by atoms with van der Waals surface area (Å²) in [7, 11) is -0.546. The average molecular weight is 340 g/mol. The molecule has 0 saturated heterocycles. The van der Waals surface area contributed by atoms with Crippen LogP contribution in [-0.4, -0.2) is 46.0 Å². The lowest BCUT2D eigenvalue weighted by Crippen LogP contribution is -2.29. The number of benzene rings is 1. The number of carbonyl (C=O) groups is 1. The van der Waals surface area contributed by atoms with E-state index < -0.39 is 10.0 Å². The van der Waals surface area contributed by atoms with Crippen LogP contribution in [0.3, 0.4) is 0 Å². The number of amides is 1. The summed E-state index contributed by atoms with van der Waals surface area (Å²) in [5.41, 5.74) is 0.348. The van der Waals surface area contributed by atoms with Crippen molar-refractivity contribution in [3.8, 4) is 5.75 Å². The van der Waals surface area contributed by atoms with Crippen LogP contribution in [0.15, 0.2) is 23.1 Å². The van der Waals surface area contributed by atoms with Crippen LogP contribution in [0, 0.1) is 0 Å². The van der Waals surface area contributed by atoms with Gasteiger partial charge < -0.3 is 9.64 Å². The highest BCUT2D eigenvalue weighted by Crippen LogP contribution is 2.28. The highest BCUT2D eigenvalue weighted by Gasteiger charge is 2.30. The first-order chi connectivity index (χ1) is 10.9. The number of sulfonamides is 1. The number of ether oxygens (including phenoxy) is 1. The van der Waals surface area contributed by atoms with E-state index in [2.05, 4.69) is 11.6 Å². The monoisotopic (exact) mass is 340 g/mol. The van der Waals surface area contributed by atoms with E-state index in [4.69, 9.17) is 4.74 Å². The van der Waals surface area contributed by atoms with Crippen molar-refractivity contribution in [2.24, 2.45) is 0 Å². The average Bonchev–Trinajstić information content (AvgIpc) is 3.34. The minimum absolute atomic E-state index is 0.00343. The second-order valence-corrected chi connectivity index (χ2v) is 7.52. The maximum atomic E-state index is 12.5. The van der Waals surface area contributed by atoms with Crippen molar-refractivity contribution in [1.29, 1.82) is 0 Å². The Hall–Kier alpha value is -1.60. The SMILES string of the molecule is CCCCN(C)C(=O)c1ccc(OC)c(S(=O)(=O)NC2CC2)c1. The third-order valence-corrected chi connectivity index (χ3v) is 5.33. The summed E-state index contributed by atoms with van der Waals surface area (Å²) < 4.78 is 32.7. The van der Waals surface area contributed by atoms with E-state index >= 15 is 0 Å². The van der Waals surface area contributed by atoms with Gasteiger partial charge in [-0.3, -0.25) is 4.79 Å². The Morgan fingerprint density at radius 3 is 2.65 bits per heavy atom. The number of hydrogen-bond acceptors (Lipinski definition) is 4. The third-order valence-electron chi connectivity index (χ3n) is 3.79. The van der Waals surface area contributed by atoms with E-state index in [1.807, 2.05) is 0 Å². The molecule has 1 amide bonds. The number of methoxy groups -OCH3 is 1. The summed E-state index contributed by atoms with van der Waals surface area (Å²) in [5, 5.41) is 0. The van der Waals surface area contributed by atoms with Crippen molar-refractivity contribution in [3.05, 3.63) is 23.8 Å². The van der Waals surface area contributed by atoms with E-state index in [0.29, 0.717) is 12.1 Å². The van der Waals surface area contributed by atoms with Crippen LogP contribution < -0.4 is 9.46 Å². The quantitative estimate of drug-likeness (QED) is 0.785. The molecule has 2 rings (SSSR count). The Labute approximate surface area is 137 Å². The van der Waals surface area contributed by atoms with E-state index in [1.54, 1.807) is 18.0 Å². The van der Waals surface area contributed by atoms with Gasteiger partial charge in [0.25, 0.3) is 5.91 Å². The van der Waals surface area contributed by atoms with E-state index in [-0.39, 0.29) is 22.6 Å². The molecule has 128 valence electrons. The first kappa shape index (κ1) is 17.7. The van der Waals surface area contributed by atoms with Gasteiger partial charge in [0.1, 0.15) is 10.6 Å². The molecule has 0 bridgehead atoms. The Bertz CT molecular complexity index is 669. The zero-order valence-electron chi connectivity index (χ0n) is 13.8. The van der Waals surface area contributed by atoms with E-state index in [1.165, 1.54) is 19.2 Å². The highest BCUT2D eigenvalue weighted by molar-refractivity contribution is 7.89. The van der Waals surface area contributed by atoms with Gasteiger partial charge in [0, 0.05) is 25.2 Å². The van der Waals surface area contributed by atoms with Gasteiger partial charge in [0.05, 0.1) is 7.11 Å². The molecule has 0 atom stereocenters. The first-order valence-electron chi connectivity index (χ1n) is 7.85. The molecule has 0 unspecified atom stereocenters. The molecule has 0 aromatic heterocycles. The van der Waals surface area contributed by atoms with Gasteiger partial charge in [-0.15, -0.1) is 0 Å². The maximum absolute atomic E-state index is 12.5. The van der Waals surface area contributed by atoms with Crippen molar-refractivity contribution < 1.29 is 17.9 Å².